The van der Waals surface area contributed by atoms with E-state index in [0.29, 0.717) is 6.54 Å². The number of aromatic nitrogens is 2. The lowest BCUT2D eigenvalue weighted by molar-refractivity contribution is 0.374. The van der Waals surface area contributed by atoms with Crippen LogP contribution in [0.5, 0.6) is 0 Å². The van der Waals surface area contributed by atoms with Crippen LogP contribution in [0, 0.1) is 6.92 Å². The molecule has 0 N–H and O–H groups in total. The maximum absolute atomic E-state index is 5.95. The van der Waals surface area contributed by atoms with Crippen molar-refractivity contribution in [3.8, 4) is 0 Å². The van der Waals surface area contributed by atoms with Crippen molar-refractivity contribution in [2.75, 3.05) is 0 Å². The predicted molar refractivity (Wildman–Crippen MR) is 67.3 cm³/mol. The van der Waals surface area contributed by atoms with E-state index in [1.54, 1.807) is 0 Å². The normalized spacial score (nSPS) is 11.2. The molecule has 4 heteroatoms. The van der Waals surface area contributed by atoms with E-state index in [0.717, 1.165) is 27.4 Å². The van der Waals surface area contributed by atoms with E-state index >= 15 is 0 Å². The van der Waals surface area contributed by atoms with Gasteiger partial charge in [0.2, 0.25) is 0 Å². The lowest BCUT2D eigenvalue weighted by Crippen LogP contribution is -1.95. The number of halogens is 1. The Morgan fingerprint density at radius 3 is 2.94 bits per heavy atom. The van der Waals surface area contributed by atoms with Crippen LogP contribution >= 0.6 is 11.6 Å². The molecule has 0 bridgehead atoms. The van der Waals surface area contributed by atoms with Gasteiger partial charge in [0.15, 0.2) is 5.76 Å². The highest BCUT2D eigenvalue weighted by molar-refractivity contribution is 6.31. The number of fused-ring (bicyclic) bond motifs is 1. The van der Waals surface area contributed by atoms with Crippen LogP contribution in [0.4, 0.5) is 0 Å². The molecular weight excluding hydrogens is 236 g/mol. The Balaban J connectivity index is 2.00. The molecule has 17 heavy (non-hydrogen) atoms. The topological polar surface area (TPSA) is 31.0 Å². The molecule has 0 saturated heterocycles. The summed E-state index contributed by atoms with van der Waals surface area (Å²) in [4.78, 5) is 0. The third-order valence-corrected chi connectivity index (χ3v) is 2.97. The van der Waals surface area contributed by atoms with Crippen LogP contribution in [0.3, 0.4) is 0 Å². The van der Waals surface area contributed by atoms with Gasteiger partial charge in [-0.15, -0.1) is 0 Å². The van der Waals surface area contributed by atoms with E-state index in [1.165, 1.54) is 0 Å². The highest BCUT2D eigenvalue weighted by atomic mass is 35.5. The third-order valence-electron chi connectivity index (χ3n) is 2.74. The minimum Gasteiger partial charge on any atom is -0.359 e. The molecule has 2 aromatic heterocycles. The molecular formula is C13H11ClN2O. The van der Waals surface area contributed by atoms with Crippen molar-refractivity contribution in [1.82, 2.24) is 9.72 Å². The summed E-state index contributed by atoms with van der Waals surface area (Å²) in [5.74, 6) is 0.856. The van der Waals surface area contributed by atoms with Gasteiger partial charge < -0.3 is 9.09 Å². The number of aryl methyl sites for hydroxylation is 1. The van der Waals surface area contributed by atoms with Crippen molar-refractivity contribution in [2.45, 2.75) is 13.5 Å². The van der Waals surface area contributed by atoms with Crippen molar-refractivity contribution in [1.29, 1.82) is 0 Å². The van der Waals surface area contributed by atoms with E-state index in [4.69, 9.17) is 16.1 Å². The molecule has 0 aliphatic rings. The summed E-state index contributed by atoms with van der Waals surface area (Å²) in [6, 6.07) is 9.86. The molecule has 3 aromatic rings. The maximum atomic E-state index is 5.95. The highest BCUT2D eigenvalue weighted by Crippen LogP contribution is 2.21. The first-order chi connectivity index (χ1) is 8.22. The van der Waals surface area contributed by atoms with Gasteiger partial charge in [0.05, 0.1) is 12.2 Å². The number of hydrogen-bond acceptors (Lipinski definition) is 2. The Hall–Kier alpha value is -1.74. The molecule has 0 saturated carbocycles. The van der Waals surface area contributed by atoms with Gasteiger partial charge in [0.25, 0.3) is 0 Å². The van der Waals surface area contributed by atoms with Crippen molar-refractivity contribution in [3.05, 3.63) is 53.0 Å². The van der Waals surface area contributed by atoms with E-state index in [2.05, 4.69) is 9.72 Å². The lowest BCUT2D eigenvalue weighted by Gasteiger charge is -2.01. The molecule has 3 rings (SSSR count). The number of hydrogen-bond donors (Lipinski definition) is 0. The van der Waals surface area contributed by atoms with E-state index in [-0.39, 0.29) is 0 Å². The molecule has 0 unspecified atom stereocenters. The van der Waals surface area contributed by atoms with Gasteiger partial charge in [-0.1, -0.05) is 16.8 Å². The monoisotopic (exact) mass is 246 g/mol. The van der Waals surface area contributed by atoms with Crippen LogP contribution in [0.25, 0.3) is 10.9 Å². The Kier molecular flexibility index (Phi) is 2.41. The largest absolute Gasteiger partial charge is 0.359 e. The van der Waals surface area contributed by atoms with Gasteiger partial charge >= 0.3 is 0 Å². The van der Waals surface area contributed by atoms with Crippen LogP contribution in [-0.4, -0.2) is 9.72 Å². The number of rotatable bonds is 2. The van der Waals surface area contributed by atoms with Crippen LogP contribution in [0.1, 0.15) is 11.5 Å². The van der Waals surface area contributed by atoms with Gasteiger partial charge in [0, 0.05) is 28.2 Å². The molecule has 0 aliphatic carbocycles. The molecule has 0 amide bonds. The maximum Gasteiger partial charge on any atom is 0.156 e. The van der Waals surface area contributed by atoms with Gasteiger partial charge in [-0.2, -0.15) is 0 Å². The Morgan fingerprint density at radius 1 is 1.29 bits per heavy atom. The molecule has 1 aromatic carbocycles. The minimum atomic E-state index is 0.686. The zero-order chi connectivity index (χ0) is 11.8. The van der Waals surface area contributed by atoms with E-state index in [9.17, 15) is 0 Å². The fourth-order valence-electron chi connectivity index (χ4n) is 1.97. The summed E-state index contributed by atoms with van der Waals surface area (Å²) in [7, 11) is 0. The van der Waals surface area contributed by atoms with Gasteiger partial charge in [-0.25, -0.2) is 0 Å². The molecule has 0 atom stereocenters. The van der Waals surface area contributed by atoms with Crippen LogP contribution < -0.4 is 0 Å². The summed E-state index contributed by atoms with van der Waals surface area (Å²) >= 11 is 5.95. The van der Waals surface area contributed by atoms with Gasteiger partial charge in [-0.3, -0.25) is 0 Å². The molecule has 3 nitrogen and oxygen atoms in total. The van der Waals surface area contributed by atoms with Crippen LogP contribution in [0.2, 0.25) is 5.02 Å². The number of benzene rings is 1. The highest BCUT2D eigenvalue weighted by Gasteiger charge is 2.05. The first-order valence-electron chi connectivity index (χ1n) is 5.39. The Labute approximate surface area is 104 Å². The van der Waals surface area contributed by atoms with E-state index < -0.39 is 0 Å². The molecule has 0 aliphatic heterocycles. The standard InChI is InChI=1S/C13H11ClN2O/c1-9-6-12(17-15-9)8-16-5-4-10-7-11(14)2-3-13(10)16/h2-7H,8H2,1H3. The van der Waals surface area contributed by atoms with Gasteiger partial charge in [-0.05, 0) is 31.2 Å². The predicted octanol–water partition coefficient (Wildman–Crippen LogP) is 3.64. The van der Waals surface area contributed by atoms with Crippen LogP contribution in [0.15, 0.2) is 41.1 Å². The quantitative estimate of drug-likeness (QED) is 0.691. The van der Waals surface area contributed by atoms with Crippen molar-refractivity contribution in [2.24, 2.45) is 0 Å². The molecule has 0 fully saturated rings. The fourth-order valence-corrected chi connectivity index (χ4v) is 2.15. The Morgan fingerprint density at radius 2 is 2.18 bits per heavy atom. The minimum absolute atomic E-state index is 0.686. The van der Waals surface area contributed by atoms with E-state index in [1.807, 2.05) is 43.5 Å². The van der Waals surface area contributed by atoms with Crippen LogP contribution in [-0.2, 0) is 6.54 Å². The fraction of sp³-hybridized carbons (Fsp3) is 0.154. The lowest BCUT2D eigenvalue weighted by atomic mass is 10.2. The first-order valence-corrected chi connectivity index (χ1v) is 5.77. The summed E-state index contributed by atoms with van der Waals surface area (Å²) in [6.07, 6.45) is 2.03. The average molecular weight is 247 g/mol. The number of nitrogens with zero attached hydrogens (tertiary/aromatic N) is 2. The smallest absolute Gasteiger partial charge is 0.156 e. The zero-order valence-corrected chi connectivity index (χ0v) is 10.1. The summed E-state index contributed by atoms with van der Waals surface area (Å²) in [5, 5.41) is 5.77. The summed E-state index contributed by atoms with van der Waals surface area (Å²) in [5.41, 5.74) is 2.04. The summed E-state index contributed by atoms with van der Waals surface area (Å²) < 4.78 is 7.33. The molecule has 86 valence electrons. The zero-order valence-electron chi connectivity index (χ0n) is 9.35. The summed E-state index contributed by atoms with van der Waals surface area (Å²) in [6.45, 7) is 2.60. The molecule has 0 radical (unpaired) electrons. The first kappa shape index (κ1) is 10.4. The SMILES string of the molecule is Cc1cc(Cn2ccc3cc(Cl)ccc32)on1. The Bertz CT molecular complexity index is 669. The molecule has 2 heterocycles. The average Bonchev–Trinajstić information content (AvgIpc) is 2.86. The van der Waals surface area contributed by atoms with Crippen molar-refractivity contribution >= 4 is 22.5 Å². The van der Waals surface area contributed by atoms with Crippen molar-refractivity contribution in [3.63, 3.8) is 0 Å². The van der Waals surface area contributed by atoms with Crippen molar-refractivity contribution < 1.29 is 4.52 Å². The third kappa shape index (κ3) is 1.94. The second kappa shape index (κ2) is 3.93. The second-order valence-corrected chi connectivity index (χ2v) is 4.52. The van der Waals surface area contributed by atoms with Gasteiger partial charge in [0.1, 0.15) is 0 Å². The molecule has 0 spiro atoms. The second-order valence-electron chi connectivity index (χ2n) is 4.08.